The predicted molar refractivity (Wildman–Crippen MR) is 109 cm³/mol. The average molecular weight is 407 g/mol. The molecule has 0 fully saturated rings. The van der Waals surface area contributed by atoms with E-state index in [2.05, 4.69) is 24.0 Å². The van der Waals surface area contributed by atoms with Crippen molar-refractivity contribution in [2.75, 3.05) is 0 Å². The van der Waals surface area contributed by atoms with E-state index in [-0.39, 0.29) is 17.6 Å². The molecule has 6 nitrogen and oxygen atoms in total. The molecule has 1 atom stereocenters. The van der Waals surface area contributed by atoms with Gasteiger partial charge in [0.2, 0.25) is 0 Å². The van der Waals surface area contributed by atoms with Crippen LogP contribution in [0.3, 0.4) is 0 Å². The van der Waals surface area contributed by atoms with Crippen molar-refractivity contribution in [2.24, 2.45) is 0 Å². The number of nitrogens with zero attached hydrogens (tertiary/aromatic N) is 4. The number of fused-ring (bicyclic) bond motifs is 3. The SMILES string of the molecule is CC(C)c1nn2c3c(nnc2c1-c1cccc(Cl)c1)C(=O)C[C@H](c1ccco1)C3. The molecule has 3 heterocycles. The van der Waals surface area contributed by atoms with Crippen molar-refractivity contribution >= 4 is 23.0 Å². The Morgan fingerprint density at radius 2 is 2.03 bits per heavy atom. The summed E-state index contributed by atoms with van der Waals surface area (Å²) in [4.78, 5) is 12.8. The first kappa shape index (κ1) is 18.1. The summed E-state index contributed by atoms with van der Waals surface area (Å²) in [6.07, 6.45) is 2.62. The van der Waals surface area contributed by atoms with Crippen molar-refractivity contribution in [3.05, 3.63) is 70.5 Å². The molecule has 146 valence electrons. The van der Waals surface area contributed by atoms with E-state index in [1.165, 1.54) is 0 Å². The van der Waals surface area contributed by atoms with E-state index in [0.717, 1.165) is 28.3 Å². The third-order valence-electron chi connectivity index (χ3n) is 5.40. The fraction of sp³-hybridized carbons (Fsp3) is 0.273. The van der Waals surface area contributed by atoms with Crippen LogP contribution >= 0.6 is 11.6 Å². The second kappa shape index (κ2) is 6.81. The van der Waals surface area contributed by atoms with Gasteiger partial charge in [0, 0.05) is 23.8 Å². The maximum absolute atomic E-state index is 12.8. The molecule has 7 heteroatoms. The van der Waals surface area contributed by atoms with Crippen molar-refractivity contribution in [2.45, 2.75) is 38.5 Å². The quantitative estimate of drug-likeness (QED) is 0.474. The molecule has 29 heavy (non-hydrogen) atoms. The fourth-order valence-electron chi connectivity index (χ4n) is 4.04. The summed E-state index contributed by atoms with van der Waals surface area (Å²) in [5.74, 6) is 0.911. The molecule has 0 spiro atoms. The van der Waals surface area contributed by atoms with E-state index in [1.54, 1.807) is 10.8 Å². The number of halogens is 1. The first-order valence-corrected chi connectivity index (χ1v) is 10.0. The van der Waals surface area contributed by atoms with E-state index in [1.807, 2.05) is 36.4 Å². The average Bonchev–Trinajstić information content (AvgIpc) is 3.36. The van der Waals surface area contributed by atoms with Crippen LogP contribution in [0.25, 0.3) is 16.8 Å². The van der Waals surface area contributed by atoms with Gasteiger partial charge in [-0.2, -0.15) is 5.10 Å². The molecular weight excluding hydrogens is 388 g/mol. The maximum Gasteiger partial charge on any atom is 0.185 e. The summed E-state index contributed by atoms with van der Waals surface area (Å²) in [7, 11) is 0. The molecule has 0 unspecified atom stereocenters. The van der Waals surface area contributed by atoms with Gasteiger partial charge >= 0.3 is 0 Å². The highest BCUT2D eigenvalue weighted by Crippen LogP contribution is 2.37. The van der Waals surface area contributed by atoms with Gasteiger partial charge in [0.05, 0.1) is 23.2 Å². The van der Waals surface area contributed by atoms with Crippen LogP contribution in [0.4, 0.5) is 0 Å². The second-order valence-electron chi connectivity index (χ2n) is 7.70. The first-order chi connectivity index (χ1) is 14.0. The molecule has 0 bridgehead atoms. The standard InChI is InChI=1S/C22H19ClN4O2/c1-12(2)20-19(13-5-3-6-15(23)9-13)22-25-24-21-16(27(22)26-20)10-14(11-17(21)28)18-7-4-8-29-18/h3-9,12,14H,10-11H2,1-2H3/t14-/m1/s1. The predicted octanol–water partition coefficient (Wildman–Crippen LogP) is 5.07. The molecule has 0 amide bonds. The third kappa shape index (κ3) is 2.95. The Kier molecular flexibility index (Phi) is 4.24. The summed E-state index contributed by atoms with van der Waals surface area (Å²) in [6, 6.07) is 11.4. The van der Waals surface area contributed by atoms with E-state index in [0.29, 0.717) is 29.2 Å². The molecular formula is C22H19ClN4O2. The van der Waals surface area contributed by atoms with E-state index in [9.17, 15) is 4.79 Å². The molecule has 0 saturated carbocycles. The van der Waals surface area contributed by atoms with Crippen LogP contribution in [0.5, 0.6) is 0 Å². The number of aromatic nitrogens is 4. The van der Waals surface area contributed by atoms with Gasteiger partial charge in [-0.1, -0.05) is 37.6 Å². The Morgan fingerprint density at radius 3 is 2.76 bits per heavy atom. The van der Waals surface area contributed by atoms with Gasteiger partial charge in [-0.25, -0.2) is 4.52 Å². The minimum atomic E-state index is -0.0343. The molecule has 4 aromatic rings. The van der Waals surface area contributed by atoms with E-state index in [4.69, 9.17) is 21.1 Å². The number of furan rings is 1. The normalized spacial score (nSPS) is 16.6. The molecule has 5 rings (SSSR count). The van der Waals surface area contributed by atoms with E-state index >= 15 is 0 Å². The topological polar surface area (TPSA) is 73.3 Å². The minimum absolute atomic E-state index is 0.0290. The van der Waals surface area contributed by atoms with Gasteiger partial charge in [0.15, 0.2) is 17.1 Å². The summed E-state index contributed by atoms with van der Waals surface area (Å²) < 4.78 is 7.36. The lowest BCUT2D eigenvalue weighted by atomic mass is 9.87. The van der Waals surface area contributed by atoms with Crippen molar-refractivity contribution in [1.82, 2.24) is 19.8 Å². The van der Waals surface area contributed by atoms with Crippen LogP contribution < -0.4 is 0 Å². The summed E-state index contributed by atoms with van der Waals surface area (Å²) >= 11 is 6.24. The zero-order valence-corrected chi connectivity index (χ0v) is 16.8. The van der Waals surface area contributed by atoms with Crippen LogP contribution in [-0.4, -0.2) is 25.6 Å². The van der Waals surface area contributed by atoms with Crippen LogP contribution in [-0.2, 0) is 6.42 Å². The number of rotatable bonds is 3. The van der Waals surface area contributed by atoms with E-state index < -0.39 is 0 Å². The van der Waals surface area contributed by atoms with Gasteiger partial charge in [-0.15, -0.1) is 10.2 Å². The number of hydrogen-bond donors (Lipinski definition) is 0. The molecule has 0 aliphatic heterocycles. The van der Waals surface area contributed by atoms with Crippen molar-refractivity contribution in [1.29, 1.82) is 0 Å². The Morgan fingerprint density at radius 1 is 1.17 bits per heavy atom. The lowest BCUT2D eigenvalue weighted by Gasteiger charge is -2.21. The minimum Gasteiger partial charge on any atom is -0.469 e. The number of carbonyl (C=O) groups is 1. The molecule has 3 aromatic heterocycles. The molecule has 0 radical (unpaired) electrons. The first-order valence-electron chi connectivity index (χ1n) is 9.63. The second-order valence-corrected chi connectivity index (χ2v) is 8.14. The highest BCUT2D eigenvalue weighted by molar-refractivity contribution is 6.30. The summed E-state index contributed by atoms with van der Waals surface area (Å²) in [5.41, 5.74) is 4.57. The lowest BCUT2D eigenvalue weighted by molar-refractivity contribution is 0.0951. The molecule has 1 aliphatic carbocycles. The summed E-state index contributed by atoms with van der Waals surface area (Å²) in [5, 5.41) is 14.2. The number of benzene rings is 1. The van der Waals surface area contributed by atoms with Gasteiger partial charge in [-0.3, -0.25) is 4.79 Å². The Balaban J connectivity index is 1.74. The summed E-state index contributed by atoms with van der Waals surface area (Å²) in [6.45, 7) is 4.18. The van der Waals surface area contributed by atoms with Crippen molar-refractivity contribution in [3.63, 3.8) is 0 Å². The molecule has 1 aliphatic rings. The van der Waals surface area contributed by atoms with Crippen LogP contribution in [0.2, 0.25) is 5.02 Å². The monoisotopic (exact) mass is 406 g/mol. The number of hydrogen-bond acceptors (Lipinski definition) is 5. The van der Waals surface area contributed by atoms with Crippen molar-refractivity contribution in [3.8, 4) is 11.1 Å². The lowest BCUT2D eigenvalue weighted by Crippen LogP contribution is -2.24. The highest BCUT2D eigenvalue weighted by Gasteiger charge is 2.33. The van der Waals surface area contributed by atoms with Gasteiger partial charge < -0.3 is 4.42 Å². The van der Waals surface area contributed by atoms with Gasteiger partial charge in [0.25, 0.3) is 0 Å². The van der Waals surface area contributed by atoms with Gasteiger partial charge in [0.1, 0.15) is 5.76 Å². The zero-order chi connectivity index (χ0) is 20.1. The molecule has 1 aromatic carbocycles. The molecule has 0 N–H and O–H groups in total. The number of carbonyl (C=O) groups excluding carboxylic acids is 1. The number of Topliss-reactive ketones (excluding diaryl/α,β-unsaturated/α-hetero) is 1. The Bertz CT molecular complexity index is 1230. The van der Waals surface area contributed by atoms with Crippen LogP contribution in [0, 0.1) is 0 Å². The van der Waals surface area contributed by atoms with Crippen LogP contribution in [0.1, 0.15) is 59.7 Å². The van der Waals surface area contributed by atoms with Crippen LogP contribution in [0.15, 0.2) is 47.1 Å². The van der Waals surface area contributed by atoms with Crippen molar-refractivity contribution < 1.29 is 9.21 Å². The third-order valence-corrected chi connectivity index (χ3v) is 5.64. The molecule has 0 saturated heterocycles. The fourth-order valence-corrected chi connectivity index (χ4v) is 4.23. The number of ketones is 1. The smallest absolute Gasteiger partial charge is 0.185 e. The maximum atomic E-state index is 12.8. The zero-order valence-electron chi connectivity index (χ0n) is 16.1. The Hall–Kier alpha value is -2.99. The largest absolute Gasteiger partial charge is 0.469 e. The highest BCUT2D eigenvalue weighted by atomic mass is 35.5. The Labute approximate surface area is 172 Å². The van der Waals surface area contributed by atoms with Gasteiger partial charge in [-0.05, 0) is 35.7 Å².